The van der Waals surface area contributed by atoms with Gasteiger partial charge in [-0.05, 0) is 32.3 Å². The molecule has 10 heteroatoms. The lowest BCUT2D eigenvalue weighted by Crippen LogP contribution is -2.13. The lowest BCUT2D eigenvalue weighted by molar-refractivity contribution is -0.116. The number of halogens is 3. The standard InChI is InChI=1S/C23H23Cl2FN4O3/c1-30(2)6-5-17(26)20(31)8-13-7-14-18(10-21(13)32-3)27-12-28-23(14)29-19-11-22(33-4)16(25)9-15(19)24/h5,7,9-12H,6,8H2,1-4H3,(H,27,28,29). The van der Waals surface area contributed by atoms with E-state index in [1.54, 1.807) is 43.3 Å². The van der Waals surface area contributed by atoms with Crippen molar-refractivity contribution >= 4 is 51.4 Å². The van der Waals surface area contributed by atoms with Gasteiger partial charge in [0.1, 0.15) is 23.6 Å². The summed E-state index contributed by atoms with van der Waals surface area (Å²) in [4.78, 5) is 22.8. The number of allylic oxidation sites excluding steroid dienone is 1. The Bertz CT molecular complexity index is 1220. The van der Waals surface area contributed by atoms with E-state index in [9.17, 15) is 9.18 Å². The summed E-state index contributed by atoms with van der Waals surface area (Å²) >= 11 is 12.5. The van der Waals surface area contributed by atoms with Crippen LogP contribution in [0.3, 0.4) is 0 Å². The number of ketones is 1. The van der Waals surface area contributed by atoms with Gasteiger partial charge in [-0.2, -0.15) is 0 Å². The number of nitrogens with zero attached hydrogens (tertiary/aromatic N) is 3. The fraction of sp³-hybridized carbons (Fsp3) is 0.261. The smallest absolute Gasteiger partial charge is 0.195 e. The molecule has 0 saturated heterocycles. The highest BCUT2D eigenvalue weighted by Crippen LogP contribution is 2.37. The topological polar surface area (TPSA) is 76.6 Å². The van der Waals surface area contributed by atoms with Gasteiger partial charge in [0.15, 0.2) is 11.6 Å². The summed E-state index contributed by atoms with van der Waals surface area (Å²) in [5.74, 6) is -0.145. The maximum Gasteiger partial charge on any atom is 0.195 e. The fourth-order valence-electron chi connectivity index (χ4n) is 3.10. The average molecular weight is 493 g/mol. The van der Waals surface area contributed by atoms with Crippen molar-refractivity contribution in [1.29, 1.82) is 0 Å². The molecule has 1 aromatic heterocycles. The van der Waals surface area contributed by atoms with Gasteiger partial charge in [-0.25, -0.2) is 14.4 Å². The second-order valence-electron chi connectivity index (χ2n) is 7.41. The molecule has 0 fully saturated rings. The number of carbonyl (C=O) groups is 1. The van der Waals surface area contributed by atoms with Gasteiger partial charge >= 0.3 is 0 Å². The van der Waals surface area contributed by atoms with Gasteiger partial charge in [-0.15, -0.1) is 0 Å². The minimum atomic E-state index is -0.798. The summed E-state index contributed by atoms with van der Waals surface area (Å²) < 4.78 is 24.9. The van der Waals surface area contributed by atoms with E-state index >= 15 is 0 Å². The summed E-state index contributed by atoms with van der Waals surface area (Å²) in [7, 11) is 6.56. The Morgan fingerprint density at radius 3 is 2.48 bits per heavy atom. The summed E-state index contributed by atoms with van der Waals surface area (Å²) in [6, 6.07) is 6.59. The van der Waals surface area contributed by atoms with Crippen LogP contribution in [0.5, 0.6) is 11.5 Å². The molecular formula is C23H23Cl2FN4O3. The number of nitrogens with one attached hydrogen (secondary N) is 1. The van der Waals surface area contributed by atoms with Gasteiger partial charge in [0.05, 0.1) is 35.5 Å². The quantitative estimate of drug-likeness (QED) is 0.410. The lowest BCUT2D eigenvalue weighted by Gasteiger charge is -2.14. The van der Waals surface area contributed by atoms with Crippen molar-refractivity contribution < 1.29 is 18.7 Å². The summed E-state index contributed by atoms with van der Waals surface area (Å²) in [5, 5.41) is 4.49. The molecule has 0 amide bonds. The molecule has 0 aliphatic rings. The highest BCUT2D eigenvalue weighted by Gasteiger charge is 2.17. The predicted molar refractivity (Wildman–Crippen MR) is 129 cm³/mol. The molecule has 0 spiro atoms. The van der Waals surface area contributed by atoms with Crippen LogP contribution in [0.2, 0.25) is 10.0 Å². The summed E-state index contributed by atoms with van der Waals surface area (Å²) in [5.41, 5.74) is 1.59. The van der Waals surface area contributed by atoms with Crippen LogP contribution in [0.4, 0.5) is 15.9 Å². The molecule has 0 radical (unpaired) electrons. The third-order valence-electron chi connectivity index (χ3n) is 4.79. The van der Waals surface area contributed by atoms with E-state index in [1.165, 1.54) is 26.6 Å². The third-order valence-corrected chi connectivity index (χ3v) is 5.39. The number of methoxy groups -OCH3 is 2. The maximum atomic E-state index is 14.3. The van der Waals surface area contributed by atoms with Crippen LogP contribution < -0.4 is 14.8 Å². The molecule has 0 unspecified atom stereocenters. The molecule has 0 aliphatic heterocycles. The van der Waals surface area contributed by atoms with Crippen LogP contribution in [-0.2, 0) is 11.2 Å². The number of aromatic nitrogens is 2. The van der Waals surface area contributed by atoms with E-state index < -0.39 is 11.6 Å². The number of ether oxygens (including phenoxy) is 2. The highest BCUT2D eigenvalue weighted by atomic mass is 35.5. The number of benzene rings is 2. The summed E-state index contributed by atoms with van der Waals surface area (Å²) in [6.45, 7) is 0.319. The predicted octanol–water partition coefficient (Wildman–Crippen LogP) is 5.22. The van der Waals surface area contributed by atoms with Crippen molar-refractivity contribution in [2.45, 2.75) is 6.42 Å². The van der Waals surface area contributed by atoms with E-state index in [0.29, 0.717) is 56.1 Å². The molecular weight excluding hydrogens is 470 g/mol. The first-order valence-electron chi connectivity index (χ1n) is 9.88. The zero-order chi connectivity index (χ0) is 24.1. The first-order valence-corrected chi connectivity index (χ1v) is 10.6. The van der Waals surface area contributed by atoms with Crippen molar-refractivity contribution in [3.05, 3.63) is 58.1 Å². The Balaban J connectivity index is 2.00. The number of anilines is 2. The van der Waals surface area contributed by atoms with Crippen LogP contribution in [0.15, 0.2) is 42.5 Å². The molecule has 1 N–H and O–H groups in total. The molecule has 0 atom stereocenters. The van der Waals surface area contributed by atoms with Crippen LogP contribution in [-0.4, -0.2) is 55.5 Å². The van der Waals surface area contributed by atoms with Crippen LogP contribution in [0.1, 0.15) is 5.56 Å². The second-order valence-corrected chi connectivity index (χ2v) is 8.22. The largest absolute Gasteiger partial charge is 0.496 e. The van der Waals surface area contributed by atoms with E-state index in [-0.39, 0.29) is 6.42 Å². The number of carbonyl (C=O) groups excluding carboxylic acids is 1. The zero-order valence-corrected chi connectivity index (χ0v) is 20.1. The van der Waals surface area contributed by atoms with Gasteiger partial charge in [0, 0.05) is 36.0 Å². The van der Waals surface area contributed by atoms with Crippen molar-refractivity contribution in [3.8, 4) is 11.5 Å². The van der Waals surface area contributed by atoms with Crippen LogP contribution in [0.25, 0.3) is 10.9 Å². The van der Waals surface area contributed by atoms with Crippen LogP contribution >= 0.6 is 23.2 Å². The van der Waals surface area contributed by atoms with E-state index in [2.05, 4.69) is 15.3 Å². The van der Waals surface area contributed by atoms with Gasteiger partial charge in [-0.1, -0.05) is 23.2 Å². The van der Waals surface area contributed by atoms with Gasteiger partial charge in [0.25, 0.3) is 0 Å². The Hall–Kier alpha value is -2.94. The number of Topliss-reactive ketones (excluding diaryl/α,β-unsaturated/α-hetero) is 1. The maximum absolute atomic E-state index is 14.3. The highest BCUT2D eigenvalue weighted by molar-refractivity contribution is 6.37. The van der Waals surface area contributed by atoms with E-state index in [4.69, 9.17) is 32.7 Å². The van der Waals surface area contributed by atoms with Crippen molar-refractivity contribution in [3.63, 3.8) is 0 Å². The Morgan fingerprint density at radius 1 is 1.09 bits per heavy atom. The number of fused-ring (bicyclic) bond motifs is 1. The third kappa shape index (κ3) is 5.90. The minimum absolute atomic E-state index is 0.182. The van der Waals surface area contributed by atoms with E-state index in [1.807, 2.05) is 0 Å². The van der Waals surface area contributed by atoms with Crippen LogP contribution in [0, 0.1) is 0 Å². The van der Waals surface area contributed by atoms with E-state index in [0.717, 1.165) is 0 Å². The van der Waals surface area contributed by atoms with Crippen molar-refractivity contribution in [1.82, 2.24) is 14.9 Å². The normalized spacial score (nSPS) is 11.7. The number of hydrogen-bond donors (Lipinski definition) is 1. The molecule has 174 valence electrons. The monoisotopic (exact) mass is 492 g/mol. The lowest BCUT2D eigenvalue weighted by atomic mass is 10.0. The first kappa shape index (κ1) is 24.7. The molecule has 0 saturated carbocycles. The molecule has 2 aromatic carbocycles. The number of likely N-dealkylation sites (N-methyl/N-ethyl adjacent to an activating group) is 1. The second kappa shape index (κ2) is 10.8. The van der Waals surface area contributed by atoms with Crippen molar-refractivity contribution in [2.75, 3.05) is 40.2 Å². The molecule has 3 aromatic rings. The molecule has 7 nitrogen and oxygen atoms in total. The average Bonchev–Trinajstić information content (AvgIpc) is 2.78. The zero-order valence-electron chi connectivity index (χ0n) is 18.6. The Morgan fingerprint density at radius 2 is 1.82 bits per heavy atom. The number of rotatable bonds is 9. The molecule has 1 heterocycles. The minimum Gasteiger partial charge on any atom is -0.496 e. The molecule has 3 rings (SSSR count). The molecule has 33 heavy (non-hydrogen) atoms. The first-order chi connectivity index (χ1) is 15.7. The van der Waals surface area contributed by atoms with Gasteiger partial charge in [0.2, 0.25) is 0 Å². The van der Waals surface area contributed by atoms with Crippen molar-refractivity contribution in [2.24, 2.45) is 0 Å². The number of hydrogen-bond acceptors (Lipinski definition) is 7. The SMILES string of the molecule is COc1cc(Nc2ncnc3cc(OC)c(CC(=O)C(F)=CCN(C)C)cc23)c(Cl)cc1Cl. The molecule has 0 aliphatic carbocycles. The Kier molecular flexibility index (Phi) is 8.07. The Labute approximate surface area is 201 Å². The van der Waals surface area contributed by atoms with Gasteiger partial charge < -0.3 is 19.7 Å². The molecule has 0 bridgehead atoms. The fourth-order valence-corrected chi connectivity index (χ4v) is 3.61. The van der Waals surface area contributed by atoms with Gasteiger partial charge in [-0.3, -0.25) is 4.79 Å². The summed E-state index contributed by atoms with van der Waals surface area (Å²) in [6.07, 6.45) is 2.46.